The Morgan fingerprint density at radius 1 is 1.08 bits per heavy atom. The molecule has 0 aliphatic carbocycles. The van der Waals surface area contributed by atoms with Crippen LogP contribution in [-0.2, 0) is 13.0 Å². The van der Waals surface area contributed by atoms with Gasteiger partial charge >= 0.3 is 0 Å². The van der Waals surface area contributed by atoms with Gasteiger partial charge in [-0.05, 0) is 55.2 Å². The summed E-state index contributed by atoms with van der Waals surface area (Å²) < 4.78 is 10.8. The van der Waals surface area contributed by atoms with Gasteiger partial charge in [-0.3, -0.25) is 4.79 Å². The first-order valence-electron chi connectivity index (χ1n) is 8.15. The van der Waals surface area contributed by atoms with Crippen LogP contribution < -0.4 is 9.47 Å². The lowest BCUT2D eigenvalue weighted by Crippen LogP contribution is -2.42. The summed E-state index contributed by atoms with van der Waals surface area (Å²) in [6, 6.07) is 11.9. The Labute approximate surface area is 143 Å². The van der Waals surface area contributed by atoms with Crippen molar-refractivity contribution < 1.29 is 14.3 Å². The molecule has 1 amide bonds. The Bertz CT molecular complexity index is 769. The lowest BCUT2D eigenvalue weighted by atomic mass is 9.93. The minimum Gasteiger partial charge on any atom is -0.493 e. The number of hydrogen-bond acceptors (Lipinski definition) is 3. The average molecular weight is 325 g/mol. The normalized spacial score (nSPS) is 16.5. The zero-order valence-electron chi connectivity index (χ0n) is 14.6. The predicted molar refractivity (Wildman–Crippen MR) is 93.8 cm³/mol. The summed E-state index contributed by atoms with van der Waals surface area (Å²) in [4.78, 5) is 14.9. The monoisotopic (exact) mass is 325 g/mol. The van der Waals surface area contributed by atoms with Crippen molar-refractivity contribution in [1.82, 2.24) is 4.90 Å². The molecule has 24 heavy (non-hydrogen) atoms. The number of carbonyl (C=O) groups excluding carboxylic acids is 1. The smallest absolute Gasteiger partial charge is 0.254 e. The van der Waals surface area contributed by atoms with Crippen LogP contribution in [0.5, 0.6) is 11.5 Å². The van der Waals surface area contributed by atoms with Crippen molar-refractivity contribution in [2.75, 3.05) is 14.2 Å². The van der Waals surface area contributed by atoms with E-state index >= 15 is 0 Å². The third-order valence-corrected chi connectivity index (χ3v) is 4.73. The number of benzene rings is 2. The van der Waals surface area contributed by atoms with Crippen LogP contribution in [0.4, 0.5) is 0 Å². The molecule has 2 aromatic rings. The van der Waals surface area contributed by atoms with E-state index in [2.05, 4.69) is 6.92 Å². The molecule has 3 rings (SSSR count). The van der Waals surface area contributed by atoms with Gasteiger partial charge in [0.05, 0.1) is 14.2 Å². The van der Waals surface area contributed by atoms with Gasteiger partial charge in [-0.1, -0.05) is 18.2 Å². The Morgan fingerprint density at radius 2 is 1.71 bits per heavy atom. The van der Waals surface area contributed by atoms with Crippen molar-refractivity contribution in [2.24, 2.45) is 0 Å². The highest BCUT2D eigenvalue weighted by Gasteiger charge is 2.29. The molecule has 0 aromatic heterocycles. The van der Waals surface area contributed by atoms with Crippen molar-refractivity contribution in [3.05, 3.63) is 58.7 Å². The van der Waals surface area contributed by atoms with Crippen LogP contribution in [0.2, 0.25) is 0 Å². The van der Waals surface area contributed by atoms with Crippen LogP contribution in [0.25, 0.3) is 0 Å². The van der Waals surface area contributed by atoms with Crippen LogP contribution >= 0.6 is 0 Å². The van der Waals surface area contributed by atoms with Crippen molar-refractivity contribution >= 4 is 5.91 Å². The number of rotatable bonds is 3. The first kappa shape index (κ1) is 16.4. The number of nitrogens with zero attached hydrogens (tertiary/aromatic N) is 1. The second-order valence-corrected chi connectivity index (χ2v) is 6.28. The molecule has 0 radical (unpaired) electrons. The summed E-state index contributed by atoms with van der Waals surface area (Å²) in [5.74, 6) is 1.53. The number of fused-ring (bicyclic) bond motifs is 1. The zero-order chi connectivity index (χ0) is 17.3. The average Bonchev–Trinajstić information content (AvgIpc) is 2.59. The van der Waals surface area contributed by atoms with Crippen LogP contribution in [0.15, 0.2) is 36.4 Å². The van der Waals surface area contributed by atoms with Gasteiger partial charge in [0.2, 0.25) is 0 Å². The van der Waals surface area contributed by atoms with Crippen LogP contribution in [0.3, 0.4) is 0 Å². The first-order valence-corrected chi connectivity index (χ1v) is 8.15. The maximum absolute atomic E-state index is 13.0. The molecule has 0 bridgehead atoms. The number of carbonyl (C=O) groups is 1. The lowest BCUT2D eigenvalue weighted by Gasteiger charge is -2.35. The van der Waals surface area contributed by atoms with Crippen molar-refractivity contribution in [3.8, 4) is 11.5 Å². The Hall–Kier alpha value is -2.49. The predicted octanol–water partition coefficient (Wildman–Crippen LogP) is 3.60. The van der Waals surface area contributed by atoms with E-state index in [0.717, 1.165) is 28.9 Å². The fourth-order valence-corrected chi connectivity index (χ4v) is 3.31. The topological polar surface area (TPSA) is 38.8 Å². The molecule has 1 aliphatic rings. The van der Waals surface area contributed by atoms with Gasteiger partial charge in [0, 0.05) is 18.2 Å². The number of hydrogen-bond donors (Lipinski definition) is 0. The van der Waals surface area contributed by atoms with E-state index in [4.69, 9.17) is 9.47 Å². The molecule has 4 nitrogen and oxygen atoms in total. The Balaban J connectivity index is 1.94. The molecule has 1 atom stereocenters. The number of ether oxygens (including phenoxy) is 2. The Morgan fingerprint density at radius 3 is 2.33 bits per heavy atom. The molecule has 2 aromatic carbocycles. The van der Waals surface area contributed by atoms with Gasteiger partial charge in [0.15, 0.2) is 11.5 Å². The van der Waals surface area contributed by atoms with Gasteiger partial charge in [-0.15, -0.1) is 0 Å². The van der Waals surface area contributed by atoms with E-state index in [1.807, 2.05) is 48.2 Å². The molecular formula is C20H23NO3. The highest BCUT2D eigenvalue weighted by molar-refractivity contribution is 5.96. The third-order valence-electron chi connectivity index (χ3n) is 4.73. The van der Waals surface area contributed by atoms with E-state index in [0.29, 0.717) is 12.3 Å². The number of aryl methyl sites for hydroxylation is 1. The highest BCUT2D eigenvalue weighted by atomic mass is 16.5. The summed E-state index contributed by atoms with van der Waals surface area (Å²) in [5, 5.41) is 0. The molecule has 0 N–H and O–H groups in total. The summed E-state index contributed by atoms with van der Waals surface area (Å²) >= 11 is 0. The fourth-order valence-electron chi connectivity index (χ4n) is 3.31. The highest BCUT2D eigenvalue weighted by Crippen LogP contribution is 2.35. The van der Waals surface area contributed by atoms with Gasteiger partial charge in [-0.2, -0.15) is 0 Å². The second kappa shape index (κ2) is 6.56. The molecule has 1 unspecified atom stereocenters. The molecule has 0 saturated carbocycles. The fraction of sp³-hybridized carbons (Fsp3) is 0.350. The summed E-state index contributed by atoms with van der Waals surface area (Å²) in [6.45, 7) is 4.66. The van der Waals surface area contributed by atoms with Crippen molar-refractivity contribution in [1.29, 1.82) is 0 Å². The van der Waals surface area contributed by atoms with Crippen LogP contribution in [0, 0.1) is 6.92 Å². The van der Waals surface area contributed by atoms with Gasteiger partial charge < -0.3 is 14.4 Å². The molecular weight excluding hydrogens is 302 g/mol. The van der Waals surface area contributed by atoms with E-state index in [1.165, 1.54) is 5.56 Å². The molecule has 0 fully saturated rings. The SMILES string of the molecule is COc1cc2c(cc1OC)CN(C(=O)c1ccccc1C)C(C)C2. The zero-order valence-corrected chi connectivity index (χ0v) is 14.6. The summed E-state index contributed by atoms with van der Waals surface area (Å²) in [7, 11) is 3.27. The maximum Gasteiger partial charge on any atom is 0.254 e. The Kier molecular flexibility index (Phi) is 4.47. The quantitative estimate of drug-likeness (QED) is 0.865. The molecule has 0 spiro atoms. The molecule has 4 heteroatoms. The molecule has 0 saturated heterocycles. The van der Waals surface area contributed by atoms with Crippen LogP contribution in [0.1, 0.15) is 34.0 Å². The maximum atomic E-state index is 13.0. The van der Waals surface area contributed by atoms with Crippen LogP contribution in [-0.4, -0.2) is 31.1 Å². The summed E-state index contributed by atoms with van der Waals surface area (Å²) in [5.41, 5.74) is 4.11. The molecule has 1 heterocycles. The molecule has 126 valence electrons. The minimum atomic E-state index is 0.0843. The van der Waals surface area contributed by atoms with Gasteiger partial charge in [0.1, 0.15) is 0 Å². The minimum absolute atomic E-state index is 0.0843. The molecule has 1 aliphatic heterocycles. The van der Waals surface area contributed by atoms with E-state index in [1.54, 1.807) is 14.2 Å². The van der Waals surface area contributed by atoms with Crippen molar-refractivity contribution in [3.63, 3.8) is 0 Å². The van der Waals surface area contributed by atoms with E-state index in [-0.39, 0.29) is 11.9 Å². The second-order valence-electron chi connectivity index (χ2n) is 6.28. The summed E-state index contributed by atoms with van der Waals surface area (Å²) in [6.07, 6.45) is 0.813. The number of methoxy groups -OCH3 is 2. The number of amides is 1. The standard InChI is InChI=1S/C20H23NO3/c1-13-7-5-6-8-17(13)20(22)21-12-16-11-19(24-4)18(23-3)10-15(16)9-14(21)2/h5-8,10-11,14H,9,12H2,1-4H3. The first-order chi connectivity index (χ1) is 11.5. The van der Waals surface area contributed by atoms with E-state index in [9.17, 15) is 4.79 Å². The third kappa shape index (κ3) is 2.84. The van der Waals surface area contributed by atoms with Crippen molar-refractivity contribution in [2.45, 2.75) is 32.9 Å². The van der Waals surface area contributed by atoms with E-state index < -0.39 is 0 Å². The largest absolute Gasteiger partial charge is 0.493 e. The van der Waals surface area contributed by atoms with Gasteiger partial charge in [0.25, 0.3) is 5.91 Å². The van der Waals surface area contributed by atoms with Gasteiger partial charge in [-0.25, -0.2) is 0 Å². The lowest BCUT2D eigenvalue weighted by molar-refractivity contribution is 0.0657.